The molecule has 0 radical (unpaired) electrons. The van der Waals surface area contributed by atoms with Crippen LogP contribution < -0.4 is 0 Å². The second kappa shape index (κ2) is 5.71. The van der Waals surface area contributed by atoms with Crippen LogP contribution in [0.1, 0.15) is 32.2 Å². The Kier molecular flexibility index (Phi) is 4.18. The van der Waals surface area contributed by atoms with Gasteiger partial charge in [0, 0.05) is 22.8 Å². The van der Waals surface area contributed by atoms with Crippen LogP contribution in [0.15, 0.2) is 23.7 Å². The first-order chi connectivity index (χ1) is 9.45. The zero-order valence-electron chi connectivity index (χ0n) is 12.1. The van der Waals surface area contributed by atoms with Gasteiger partial charge < -0.3 is 4.74 Å². The molecule has 0 amide bonds. The predicted octanol–water partition coefficient (Wildman–Crippen LogP) is 3.35. The van der Waals surface area contributed by atoms with Gasteiger partial charge >= 0.3 is 5.97 Å². The van der Waals surface area contributed by atoms with Crippen LogP contribution in [0.2, 0.25) is 0 Å². The Labute approximate surface area is 122 Å². The number of hydrogen-bond donors (Lipinski definition) is 0. The SMILES string of the molecule is CCOC(=O)C(C)(C)c1csc(-c2ccc(C)nc2)n1. The van der Waals surface area contributed by atoms with Crippen molar-refractivity contribution in [3.8, 4) is 10.6 Å². The highest BCUT2D eigenvalue weighted by molar-refractivity contribution is 7.13. The largest absolute Gasteiger partial charge is 0.465 e. The molecule has 0 unspecified atom stereocenters. The molecule has 0 saturated carbocycles. The van der Waals surface area contributed by atoms with Crippen LogP contribution in [0.4, 0.5) is 0 Å². The van der Waals surface area contributed by atoms with E-state index >= 15 is 0 Å². The topological polar surface area (TPSA) is 52.1 Å². The quantitative estimate of drug-likeness (QED) is 0.810. The van der Waals surface area contributed by atoms with Crippen molar-refractivity contribution in [3.63, 3.8) is 0 Å². The van der Waals surface area contributed by atoms with E-state index in [0.29, 0.717) is 6.61 Å². The van der Waals surface area contributed by atoms with E-state index in [1.807, 2.05) is 38.3 Å². The zero-order chi connectivity index (χ0) is 14.8. The molecule has 0 saturated heterocycles. The minimum Gasteiger partial charge on any atom is -0.465 e. The average Bonchev–Trinajstić information content (AvgIpc) is 2.90. The maximum absolute atomic E-state index is 12.0. The molecule has 4 nitrogen and oxygen atoms in total. The number of pyridine rings is 1. The van der Waals surface area contributed by atoms with E-state index in [2.05, 4.69) is 9.97 Å². The van der Waals surface area contributed by atoms with Crippen molar-refractivity contribution in [2.24, 2.45) is 0 Å². The van der Waals surface area contributed by atoms with Crippen LogP contribution in [0, 0.1) is 6.92 Å². The molecule has 2 heterocycles. The molecule has 0 bridgehead atoms. The number of aryl methyl sites for hydroxylation is 1. The number of esters is 1. The molecular formula is C15H18N2O2S. The molecule has 2 aromatic rings. The van der Waals surface area contributed by atoms with Gasteiger partial charge in [-0.1, -0.05) is 0 Å². The Balaban J connectivity index is 2.28. The zero-order valence-corrected chi connectivity index (χ0v) is 13.0. The van der Waals surface area contributed by atoms with E-state index in [-0.39, 0.29) is 5.97 Å². The minimum atomic E-state index is -0.733. The lowest BCUT2D eigenvalue weighted by molar-refractivity contribution is -0.148. The summed E-state index contributed by atoms with van der Waals surface area (Å²) in [4.78, 5) is 20.8. The van der Waals surface area contributed by atoms with Crippen molar-refractivity contribution in [3.05, 3.63) is 35.1 Å². The van der Waals surface area contributed by atoms with Gasteiger partial charge in [-0.25, -0.2) is 4.98 Å². The van der Waals surface area contributed by atoms with Crippen LogP contribution >= 0.6 is 11.3 Å². The fourth-order valence-corrected chi connectivity index (χ4v) is 2.68. The lowest BCUT2D eigenvalue weighted by Crippen LogP contribution is -2.31. The van der Waals surface area contributed by atoms with Crippen molar-refractivity contribution < 1.29 is 9.53 Å². The predicted molar refractivity (Wildman–Crippen MR) is 79.7 cm³/mol. The monoisotopic (exact) mass is 290 g/mol. The summed E-state index contributed by atoms with van der Waals surface area (Å²) in [6.07, 6.45) is 1.80. The van der Waals surface area contributed by atoms with Crippen molar-refractivity contribution in [1.29, 1.82) is 0 Å². The summed E-state index contributed by atoms with van der Waals surface area (Å²) in [5.74, 6) is -0.251. The Morgan fingerprint density at radius 3 is 2.75 bits per heavy atom. The first-order valence-electron chi connectivity index (χ1n) is 6.51. The molecule has 106 valence electrons. The van der Waals surface area contributed by atoms with Gasteiger partial charge in [-0.2, -0.15) is 0 Å². The lowest BCUT2D eigenvalue weighted by Gasteiger charge is -2.19. The average molecular weight is 290 g/mol. The van der Waals surface area contributed by atoms with Crippen molar-refractivity contribution in [2.45, 2.75) is 33.1 Å². The summed E-state index contributed by atoms with van der Waals surface area (Å²) in [6.45, 7) is 7.79. The highest BCUT2D eigenvalue weighted by atomic mass is 32.1. The molecule has 0 aliphatic rings. The Hall–Kier alpha value is -1.75. The number of nitrogens with zero attached hydrogens (tertiary/aromatic N) is 2. The highest BCUT2D eigenvalue weighted by Crippen LogP contribution is 2.30. The van der Waals surface area contributed by atoms with E-state index in [9.17, 15) is 4.79 Å². The van der Waals surface area contributed by atoms with Gasteiger partial charge in [0.05, 0.1) is 12.3 Å². The Morgan fingerprint density at radius 2 is 2.15 bits per heavy atom. The summed E-state index contributed by atoms with van der Waals surface area (Å²) < 4.78 is 5.11. The van der Waals surface area contributed by atoms with Crippen molar-refractivity contribution >= 4 is 17.3 Å². The normalized spacial score (nSPS) is 11.4. The molecule has 0 atom stereocenters. The molecule has 2 rings (SSSR count). The van der Waals surface area contributed by atoms with E-state index in [4.69, 9.17) is 4.74 Å². The van der Waals surface area contributed by atoms with Gasteiger partial charge in [0.1, 0.15) is 10.4 Å². The molecule has 20 heavy (non-hydrogen) atoms. The Morgan fingerprint density at radius 1 is 1.40 bits per heavy atom. The van der Waals surface area contributed by atoms with E-state index in [0.717, 1.165) is 22.0 Å². The third kappa shape index (κ3) is 2.88. The Bertz CT molecular complexity index is 603. The van der Waals surface area contributed by atoms with Gasteiger partial charge in [-0.3, -0.25) is 9.78 Å². The number of ether oxygens (including phenoxy) is 1. The maximum Gasteiger partial charge on any atom is 0.317 e. The third-order valence-electron chi connectivity index (χ3n) is 3.09. The summed E-state index contributed by atoms with van der Waals surface area (Å²) in [6, 6.07) is 3.94. The number of hydrogen-bond acceptors (Lipinski definition) is 5. The minimum absolute atomic E-state index is 0.251. The highest BCUT2D eigenvalue weighted by Gasteiger charge is 2.33. The van der Waals surface area contributed by atoms with Crippen LogP contribution in [-0.2, 0) is 14.9 Å². The third-order valence-corrected chi connectivity index (χ3v) is 3.98. The number of carbonyl (C=O) groups excluding carboxylic acids is 1. The van der Waals surface area contributed by atoms with Gasteiger partial charge in [-0.15, -0.1) is 11.3 Å². The number of thiazole rings is 1. The molecule has 5 heteroatoms. The lowest BCUT2D eigenvalue weighted by atomic mass is 9.90. The van der Waals surface area contributed by atoms with Crippen LogP contribution in [0.25, 0.3) is 10.6 Å². The molecule has 0 aromatic carbocycles. The summed E-state index contributed by atoms with van der Waals surface area (Å²) >= 11 is 1.51. The van der Waals surface area contributed by atoms with Gasteiger partial charge in [-0.05, 0) is 39.8 Å². The molecule has 0 fully saturated rings. The first-order valence-corrected chi connectivity index (χ1v) is 7.39. The molecular weight excluding hydrogens is 272 g/mol. The molecule has 0 aliphatic carbocycles. The number of carbonyl (C=O) groups is 1. The smallest absolute Gasteiger partial charge is 0.317 e. The molecule has 0 spiro atoms. The van der Waals surface area contributed by atoms with E-state index in [1.165, 1.54) is 11.3 Å². The molecule has 0 aliphatic heterocycles. The first kappa shape index (κ1) is 14.7. The van der Waals surface area contributed by atoms with Crippen LogP contribution in [-0.4, -0.2) is 22.5 Å². The van der Waals surface area contributed by atoms with E-state index in [1.54, 1.807) is 13.1 Å². The van der Waals surface area contributed by atoms with Gasteiger partial charge in [0.25, 0.3) is 0 Å². The van der Waals surface area contributed by atoms with Crippen molar-refractivity contribution in [2.75, 3.05) is 6.61 Å². The maximum atomic E-state index is 12.0. The molecule has 0 N–H and O–H groups in total. The summed E-state index contributed by atoms with van der Waals surface area (Å²) in [5, 5.41) is 2.77. The second-order valence-electron chi connectivity index (χ2n) is 5.07. The van der Waals surface area contributed by atoms with Gasteiger partial charge in [0.2, 0.25) is 0 Å². The standard InChI is InChI=1S/C15H18N2O2S/c1-5-19-14(18)15(3,4)12-9-20-13(17-12)11-7-6-10(2)16-8-11/h6-9H,5H2,1-4H3. The fourth-order valence-electron chi connectivity index (χ4n) is 1.70. The van der Waals surface area contributed by atoms with Gasteiger partial charge in [0.15, 0.2) is 0 Å². The van der Waals surface area contributed by atoms with Crippen LogP contribution in [0.5, 0.6) is 0 Å². The van der Waals surface area contributed by atoms with Crippen molar-refractivity contribution in [1.82, 2.24) is 9.97 Å². The summed E-state index contributed by atoms with van der Waals surface area (Å²) in [5.41, 5.74) is 1.93. The number of rotatable bonds is 4. The summed E-state index contributed by atoms with van der Waals surface area (Å²) in [7, 11) is 0. The second-order valence-corrected chi connectivity index (χ2v) is 5.93. The molecule has 2 aromatic heterocycles. The van der Waals surface area contributed by atoms with Crippen LogP contribution in [0.3, 0.4) is 0 Å². The van der Waals surface area contributed by atoms with E-state index < -0.39 is 5.41 Å². The number of aromatic nitrogens is 2. The fraction of sp³-hybridized carbons (Fsp3) is 0.400.